The van der Waals surface area contributed by atoms with E-state index in [2.05, 4.69) is 24.0 Å². The van der Waals surface area contributed by atoms with Crippen molar-refractivity contribution in [1.82, 2.24) is 10.1 Å². The maximum Gasteiger partial charge on any atom is 0.229 e. The molecule has 0 radical (unpaired) electrons. The summed E-state index contributed by atoms with van der Waals surface area (Å²) in [5, 5.41) is 3.92. The third-order valence-electron chi connectivity index (χ3n) is 2.54. The summed E-state index contributed by atoms with van der Waals surface area (Å²) in [6.45, 7) is 6.40. The Morgan fingerprint density at radius 2 is 2.25 bits per heavy atom. The molecule has 0 aromatic carbocycles. The zero-order chi connectivity index (χ0) is 12.2. The number of aromatic nitrogens is 2. The van der Waals surface area contributed by atoms with Crippen LogP contribution in [0.1, 0.15) is 51.2 Å². The van der Waals surface area contributed by atoms with Gasteiger partial charge in [0.25, 0.3) is 0 Å². The van der Waals surface area contributed by atoms with Crippen molar-refractivity contribution < 1.29 is 9.26 Å². The van der Waals surface area contributed by atoms with E-state index < -0.39 is 5.54 Å². The molecule has 0 aliphatic rings. The van der Waals surface area contributed by atoms with Gasteiger partial charge in [0.15, 0.2) is 5.82 Å². The third kappa shape index (κ3) is 3.02. The lowest BCUT2D eigenvalue weighted by atomic mass is 10.0. The molecule has 0 fully saturated rings. The molecule has 1 aromatic rings. The molecule has 16 heavy (non-hydrogen) atoms. The van der Waals surface area contributed by atoms with Gasteiger partial charge >= 0.3 is 0 Å². The van der Waals surface area contributed by atoms with Crippen LogP contribution in [0.15, 0.2) is 4.52 Å². The summed E-state index contributed by atoms with van der Waals surface area (Å²) < 4.78 is 10.2. The molecule has 5 heteroatoms. The number of methoxy groups -OCH3 is 1. The molecule has 0 aliphatic heterocycles. The lowest BCUT2D eigenvalue weighted by Crippen LogP contribution is -2.39. The second-order valence-corrected chi connectivity index (χ2v) is 4.50. The van der Waals surface area contributed by atoms with E-state index in [0.29, 0.717) is 18.3 Å². The second kappa shape index (κ2) is 5.41. The highest BCUT2D eigenvalue weighted by molar-refractivity contribution is 5.03. The maximum absolute atomic E-state index is 6.03. The fourth-order valence-corrected chi connectivity index (χ4v) is 1.59. The van der Waals surface area contributed by atoms with Crippen LogP contribution >= 0.6 is 0 Å². The van der Waals surface area contributed by atoms with E-state index in [1.807, 2.05) is 6.92 Å². The van der Waals surface area contributed by atoms with Crippen molar-refractivity contribution in [3.05, 3.63) is 11.7 Å². The normalized spacial score (nSPS) is 17.1. The van der Waals surface area contributed by atoms with Crippen molar-refractivity contribution >= 4 is 0 Å². The first-order valence-electron chi connectivity index (χ1n) is 5.63. The van der Waals surface area contributed by atoms with Gasteiger partial charge in [-0.05, 0) is 13.3 Å². The van der Waals surface area contributed by atoms with Gasteiger partial charge in [0, 0.05) is 13.0 Å². The molecule has 92 valence electrons. The molecule has 1 aromatic heterocycles. The van der Waals surface area contributed by atoms with Gasteiger partial charge in [-0.3, -0.25) is 0 Å². The highest BCUT2D eigenvalue weighted by Gasteiger charge is 2.28. The Morgan fingerprint density at radius 1 is 1.56 bits per heavy atom. The van der Waals surface area contributed by atoms with E-state index >= 15 is 0 Å². The highest BCUT2D eigenvalue weighted by atomic mass is 16.5. The van der Waals surface area contributed by atoms with Crippen molar-refractivity contribution in [2.75, 3.05) is 13.7 Å². The highest BCUT2D eigenvalue weighted by Crippen LogP contribution is 2.21. The van der Waals surface area contributed by atoms with Crippen LogP contribution in [0.5, 0.6) is 0 Å². The van der Waals surface area contributed by atoms with Gasteiger partial charge in [-0.2, -0.15) is 4.98 Å². The van der Waals surface area contributed by atoms with Crippen LogP contribution in [0.4, 0.5) is 0 Å². The smallest absolute Gasteiger partial charge is 0.229 e. The van der Waals surface area contributed by atoms with Crippen LogP contribution in [0, 0.1) is 0 Å². The molecule has 0 spiro atoms. The molecule has 0 saturated heterocycles. The maximum atomic E-state index is 6.03. The summed E-state index contributed by atoms with van der Waals surface area (Å²) >= 11 is 0. The number of hydrogen-bond donors (Lipinski definition) is 1. The van der Waals surface area contributed by atoms with E-state index in [1.165, 1.54) is 0 Å². The summed E-state index contributed by atoms with van der Waals surface area (Å²) in [6, 6.07) is 0. The van der Waals surface area contributed by atoms with E-state index in [1.54, 1.807) is 7.11 Å². The first-order valence-corrected chi connectivity index (χ1v) is 5.63. The topological polar surface area (TPSA) is 74.2 Å². The van der Waals surface area contributed by atoms with Gasteiger partial charge in [-0.1, -0.05) is 25.4 Å². The third-order valence-corrected chi connectivity index (χ3v) is 2.54. The quantitative estimate of drug-likeness (QED) is 0.802. The molecular weight excluding hydrogens is 206 g/mol. The Hall–Kier alpha value is -0.940. The average Bonchev–Trinajstić information content (AvgIpc) is 2.67. The number of ether oxygens (including phenoxy) is 1. The van der Waals surface area contributed by atoms with Crippen molar-refractivity contribution in [3.63, 3.8) is 0 Å². The lowest BCUT2D eigenvalue weighted by molar-refractivity contribution is 0.135. The largest absolute Gasteiger partial charge is 0.382 e. The molecule has 0 bridgehead atoms. The minimum atomic E-state index is -0.692. The summed E-state index contributed by atoms with van der Waals surface area (Å²) in [4.78, 5) is 4.34. The SMILES string of the molecule is CCCC(C)c1nc(C(C)(N)COC)no1. The van der Waals surface area contributed by atoms with Crippen LogP contribution in [0.3, 0.4) is 0 Å². The van der Waals surface area contributed by atoms with Gasteiger partial charge in [0.2, 0.25) is 5.89 Å². The van der Waals surface area contributed by atoms with Crippen LogP contribution < -0.4 is 5.73 Å². The van der Waals surface area contributed by atoms with Gasteiger partial charge in [-0.25, -0.2) is 0 Å². The number of nitrogens with zero attached hydrogens (tertiary/aromatic N) is 2. The molecule has 1 heterocycles. The Labute approximate surface area is 96.4 Å². The summed E-state index contributed by atoms with van der Waals surface area (Å²) in [6.07, 6.45) is 2.13. The summed E-state index contributed by atoms with van der Waals surface area (Å²) in [7, 11) is 1.60. The predicted octanol–water partition coefficient (Wildman–Crippen LogP) is 1.79. The van der Waals surface area contributed by atoms with Crippen molar-refractivity contribution in [3.8, 4) is 0 Å². The molecule has 0 aliphatic carbocycles. The van der Waals surface area contributed by atoms with Crippen LogP contribution in [0.2, 0.25) is 0 Å². The minimum absolute atomic E-state index is 0.282. The van der Waals surface area contributed by atoms with E-state index in [-0.39, 0.29) is 5.92 Å². The first kappa shape index (κ1) is 13.1. The number of rotatable bonds is 6. The zero-order valence-corrected chi connectivity index (χ0v) is 10.5. The molecular formula is C11H21N3O2. The zero-order valence-electron chi connectivity index (χ0n) is 10.5. The van der Waals surface area contributed by atoms with Crippen LogP contribution in [-0.2, 0) is 10.3 Å². The van der Waals surface area contributed by atoms with Gasteiger partial charge in [0.05, 0.1) is 6.61 Å². The van der Waals surface area contributed by atoms with Gasteiger partial charge in [0.1, 0.15) is 5.54 Å². The van der Waals surface area contributed by atoms with Crippen molar-refractivity contribution in [2.45, 2.75) is 45.1 Å². The first-order chi connectivity index (χ1) is 7.51. The number of hydrogen-bond acceptors (Lipinski definition) is 5. The average molecular weight is 227 g/mol. The molecule has 2 unspecified atom stereocenters. The Balaban J connectivity index is 2.78. The van der Waals surface area contributed by atoms with E-state index in [4.69, 9.17) is 15.0 Å². The Kier molecular flexibility index (Phi) is 4.44. The fourth-order valence-electron chi connectivity index (χ4n) is 1.59. The summed E-state index contributed by atoms with van der Waals surface area (Å²) in [5.74, 6) is 1.45. The van der Waals surface area contributed by atoms with Gasteiger partial charge < -0.3 is 15.0 Å². The predicted molar refractivity (Wildman–Crippen MR) is 61.0 cm³/mol. The second-order valence-electron chi connectivity index (χ2n) is 4.50. The van der Waals surface area contributed by atoms with Crippen LogP contribution in [0.25, 0.3) is 0 Å². The standard InChI is InChI=1S/C11H21N3O2/c1-5-6-8(2)9-13-10(14-16-9)11(3,12)7-15-4/h8H,5-7,12H2,1-4H3. The molecule has 0 saturated carbocycles. The molecule has 2 N–H and O–H groups in total. The van der Waals surface area contributed by atoms with E-state index in [0.717, 1.165) is 12.8 Å². The summed E-state index contributed by atoms with van der Waals surface area (Å²) in [5.41, 5.74) is 5.33. The van der Waals surface area contributed by atoms with E-state index in [9.17, 15) is 0 Å². The van der Waals surface area contributed by atoms with Gasteiger partial charge in [-0.15, -0.1) is 0 Å². The molecule has 1 rings (SSSR count). The molecule has 2 atom stereocenters. The van der Waals surface area contributed by atoms with Crippen molar-refractivity contribution in [2.24, 2.45) is 5.73 Å². The number of nitrogens with two attached hydrogens (primary N) is 1. The van der Waals surface area contributed by atoms with Crippen LogP contribution in [-0.4, -0.2) is 23.9 Å². The Morgan fingerprint density at radius 3 is 2.81 bits per heavy atom. The van der Waals surface area contributed by atoms with Crippen molar-refractivity contribution in [1.29, 1.82) is 0 Å². The minimum Gasteiger partial charge on any atom is -0.382 e. The monoisotopic (exact) mass is 227 g/mol. The molecule has 0 amide bonds. The lowest BCUT2D eigenvalue weighted by Gasteiger charge is -2.18. The Bertz CT molecular complexity index is 323. The molecule has 5 nitrogen and oxygen atoms in total. The fraction of sp³-hybridized carbons (Fsp3) is 0.818.